The van der Waals surface area contributed by atoms with E-state index in [0.717, 1.165) is 12.0 Å². The van der Waals surface area contributed by atoms with Crippen molar-refractivity contribution >= 4 is 23.1 Å². The number of hydrogen-bond donors (Lipinski definition) is 2. The van der Waals surface area contributed by atoms with E-state index >= 15 is 0 Å². The average molecular weight is 280 g/mol. The van der Waals surface area contributed by atoms with Crippen molar-refractivity contribution in [3.8, 4) is 5.75 Å². The Morgan fingerprint density at radius 2 is 2.21 bits per heavy atom. The number of hydrogen-bond acceptors (Lipinski definition) is 3. The highest BCUT2D eigenvalue weighted by Gasteiger charge is 2.04. The number of carbonyl (C=O) groups is 1. The van der Waals surface area contributed by atoms with Gasteiger partial charge < -0.3 is 15.8 Å². The van der Waals surface area contributed by atoms with Crippen LogP contribution in [-0.4, -0.2) is 24.0 Å². The number of benzene rings is 1. The third kappa shape index (κ3) is 6.20. The van der Waals surface area contributed by atoms with E-state index in [0.29, 0.717) is 23.2 Å². The molecule has 0 spiro atoms. The fourth-order valence-corrected chi connectivity index (χ4v) is 1.57. The van der Waals surface area contributed by atoms with Gasteiger partial charge in [0.1, 0.15) is 10.7 Å². The van der Waals surface area contributed by atoms with E-state index in [9.17, 15) is 4.79 Å². The molecule has 0 saturated heterocycles. The number of nitrogens with one attached hydrogen (secondary N) is 1. The molecule has 0 radical (unpaired) electrons. The zero-order chi connectivity index (χ0) is 14.3. The van der Waals surface area contributed by atoms with Gasteiger partial charge in [0.25, 0.3) is 5.91 Å². The van der Waals surface area contributed by atoms with Gasteiger partial charge in [-0.2, -0.15) is 0 Å². The summed E-state index contributed by atoms with van der Waals surface area (Å²) in [5.74, 6) is 1.04. The number of carbonyl (C=O) groups excluding carboxylic acids is 1. The van der Waals surface area contributed by atoms with Crippen LogP contribution in [0.25, 0.3) is 0 Å². The Kier molecular flexibility index (Phi) is 6.29. The number of ether oxygens (including phenoxy) is 1. The molecule has 0 aliphatic heterocycles. The monoisotopic (exact) mass is 280 g/mol. The molecule has 0 aliphatic carbocycles. The fourth-order valence-electron chi connectivity index (χ4n) is 1.44. The third-order valence-corrected chi connectivity index (χ3v) is 2.77. The van der Waals surface area contributed by atoms with Crippen molar-refractivity contribution in [1.82, 2.24) is 5.32 Å². The molecule has 1 aromatic rings. The molecule has 1 amide bonds. The molecule has 0 aliphatic rings. The summed E-state index contributed by atoms with van der Waals surface area (Å²) < 4.78 is 5.39. The van der Waals surface area contributed by atoms with Crippen LogP contribution in [0.15, 0.2) is 24.3 Å². The predicted octanol–water partition coefficient (Wildman–Crippen LogP) is 1.86. The van der Waals surface area contributed by atoms with E-state index in [1.54, 1.807) is 24.3 Å². The normalized spacial score (nSPS) is 10.3. The quantitative estimate of drug-likeness (QED) is 0.748. The smallest absolute Gasteiger partial charge is 0.257 e. The highest BCUT2D eigenvalue weighted by atomic mass is 32.1. The highest BCUT2D eigenvalue weighted by Crippen LogP contribution is 2.13. The van der Waals surface area contributed by atoms with Crippen molar-refractivity contribution < 1.29 is 9.53 Å². The second kappa shape index (κ2) is 7.74. The molecule has 0 fully saturated rings. The molecule has 1 aromatic carbocycles. The van der Waals surface area contributed by atoms with Gasteiger partial charge >= 0.3 is 0 Å². The first-order valence-electron chi connectivity index (χ1n) is 6.28. The predicted molar refractivity (Wildman–Crippen MR) is 80.3 cm³/mol. The van der Waals surface area contributed by atoms with Crippen LogP contribution in [0.1, 0.15) is 25.8 Å². The minimum atomic E-state index is -0.124. The molecule has 0 saturated carbocycles. The molecule has 19 heavy (non-hydrogen) atoms. The van der Waals surface area contributed by atoms with E-state index < -0.39 is 0 Å². The van der Waals surface area contributed by atoms with Gasteiger partial charge in [-0.05, 0) is 24.5 Å². The molecule has 0 atom stereocenters. The van der Waals surface area contributed by atoms with Crippen LogP contribution in [0.4, 0.5) is 0 Å². The summed E-state index contributed by atoms with van der Waals surface area (Å²) in [4.78, 5) is 11.8. The lowest BCUT2D eigenvalue weighted by Gasteiger charge is -2.09. The van der Waals surface area contributed by atoms with Gasteiger partial charge in [0, 0.05) is 12.1 Å². The lowest BCUT2D eigenvalue weighted by Crippen LogP contribution is -2.30. The summed E-state index contributed by atoms with van der Waals surface area (Å²) in [6, 6.07) is 7.09. The largest absolute Gasteiger partial charge is 0.484 e. The standard InChI is InChI=1S/C14H20N2O2S/c1-10(2)6-7-16-13(17)9-18-12-5-3-4-11(8-12)14(15)19/h3-5,8,10H,6-7,9H2,1-2H3,(H2,15,19)(H,16,17). The van der Waals surface area contributed by atoms with E-state index in [1.807, 2.05) is 0 Å². The molecule has 0 aromatic heterocycles. The molecule has 1 rings (SSSR count). The lowest BCUT2D eigenvalue weighted by molar-refractivity contribution is -0.123. The summed E-state index contributed by atoms with van der Waals surface area (Å²) in [5.41, 5.74) is 6.26. The molecule has 4 nitrogen and oxygen atoms in total. The molecular formula is C14H20N2O2S. The number of thiocarbonyl (C=S) groups is 1. The van der Waals surface area contributed by atoms with Crippen LogP contribution < -0.4 is 15.8 Å². The Balaban J connectivity index is 2.37. The van der Waals surface area contributed by atoms with Crippen LogP contribution in [0.5, 0.6) is 5.75 Å². The molecule has 3 N–H and O–H groups in total. The second-order valence-corrected chi connectivity index (χ2v) is 5.15. The van der Waals surface area contributed by atoms with Crippen molar-refractivity contribution in [2.75, 3.05) is 13.2 Å². The Morgan fingerprint density at radius 3 is 2.84 bits per heavy atom. The van der Waals surface area contributed by atoms with Crippen molar-refractivity contribution in [3.05, 3.63) is 29.8 Å². The zero-order valence-electron chi connectivity index (χ0n) is 11.3. The first-order chi connectivity index (χ1) is 8.99. The van der Waals surface area contributed by atoms with Crippen LogP contribution in [0.2, 0.25) is 0 Å². The Hall–Kier alpha value is -1.62. The first-order valence-corrected chi connectivity index (χ1v) is 6.69. The Morgan fingerprint density at radius 1 is 1.47 bits per heavy atom. The summed E-state index contributed by atoms with van der Waals surface area (Å²) >= 11 is 4.88. The molecule has 0 heterocycles. The molecule has 0 unspecified atom stereocenters. The molecular weight excluding hydrogens is 260 g/mol. The fraction of sp³-hybridized carbons (Fsp3) is 0.429. The van der Waals surface area contributed by atoms with Gasteiger partial charge in [-0.3, -0.25) is 4.79 Å². The van der Waals surface area contributed by atoms with Crippen molar-refractivity contribution in [3.63, 3.8) is 0 Å². The van der Waals surface area contributed by atoms with Crippen LogP contribution in [0.3, 0.4) is 0 Å². The minimum Gasteiger partial charge on any atom is -0.484 e. The molecule has 104 valence electrons. The molecule has 0 bridgehead atoms. The van der Waals surface area contributed by atoms with E-state index in [-0.39, 0.29) is 12.5 Å². The summed E-state index contributed by atoms with van der Waals surface area (Å²) in [6.45, 7) is 4.90. The van der Waals surface area contributed by atoms with Gasteiger partial charge in [-0.1, -0.05) is 38.2 Å². The SMILES string of the molecule is CC(C)CCNC(=O)COc1cccc(C(N)=S)c1. The van der Waals surface area contributed by atoms with Gasteiger partial charge in [-0.25, -0.2) is 0 Å². The van der Waals surface area contributed by atoms with Gasteiger partial charge in [0.05, 0.1) is 0 Å². The Bertz CT molecular complexity index is 447. The third-order valence-electron chi connectivity index (χ3n) is 2.53. The number of amides is 1. The maximum atomic E-state index is 11.5. The maximum Gasteiger partial charge on any atom is 0.257 e. The average Bonchev–Trinajstić information content (AvgIpc) is 2.36. The van der Waals surface area contributed by atoms with Crippen molar-refractivity contribution in [2.24, 2.45) is 11.7 Å². The highest BCUT2D eigenvalue weighted by molar-refractivity contribution is 7.80. The second-order valence-electron chi connectivity index (χ2n) is 4.71. The van der Waals surface area contributed by atoms with Crippen LogP contribution in [0, 0.1) is 5.92 Å². The number of nitrogens with two attached hydrogens (primary N) is 1. The summed E-state index contributed by atoms with van der Waals surface area (Å²) in [5, 5.41) is 2.81. The van der Waals surface area contributed by atoms with E-state index in [4.69, 9.17) is 22.7 Å². The zero-order valence-corrected chi connectivity index (χ0v) is 12.1. The summed E-state index contributed by atoms with van der Waals surface area (Å²) in [7, 11) is 0. The minimum absolute atomic E-state index is 0.00111. The topological polar surface area (TPSA) is 64.3 Å². The summed E-state index contributed by atoms with van der Waals surface area (Å²) in [6.07, 6.45) is 0.961. The lowest BCUT2D eigenvalue weighted by atomic mass is 10.1. The molecule has 5 heteroatoms. The number of rotatable bonds is 7. The maximum absolute atomic E-state index is 11.5. The van der Waals surface area contributed by atoms with Crippen LogP contribution in [-0.2, 0) is 4.79 Å². The van der Waals surface area contributed by atoms with Crippen LogP contribution >= 0.6 is 12.2 Å². The van der Waals surface area contributed by atoms with Crippen molar-refractivity contribution in [2.45, 2.75) is 20.3 Å². The van der Waals surface area contributed by atoms with Gasteiger partial charge in [0.15, 0.2) is 6.61 Å². The van der Waals surface area contributed by atoms with Crippen molar-refractivity contribution in [1.29, 1.82) is 0 Å². The Labute approximate surface area is 119 Å². The van der Waals surface area contributed by atoms with Gasteiger partial charge in [-0.15, -0.1) is 0 Å². The van der Waals surface area contributed by atoms with E-state index in [2.05, 4.69) is 19.2 Å². The van der Waals surface area contributed by atoms with Gasteiger partial charge in [0.2, 0.25) is 0 Å². The first kappa shape index (κ1) is 15.4. The van der Waals surface area contributed by atoms with E-state index in [1.165, 1.54) is 0 Å².